The topological polar surface area (TPSA) is 12.4 Å². The molecule has 62 heavy (non-hydrogen) atoms. The first kappa shape index (κ1) is 48.6. The minimum absolute atomic E-state index is 0.709. The van der Waals surface area contributed by atoms with E-state index in [2.05, 4.69) is 194 Å². The highest BCUT2D eigenvalue weighted by Gasteiger charge is 2.18. The molecule has 0 saturated carbocycles. The number of benzene rings is 7. The molecule has 0 aliphatic heterocycles. The van der Waals surface area contributed by atoms with Gasteiger partial charge in [-0.25, -0.2) is 0 Å². The second-order valence-corrected chi connectivity index (χ2v) is 16.0. The number of thiophene rings is 1. The van der Waals surface area contributed by atoms with Crippen LogP contribution in [0.15, 0.2) is 188 Å². The zero-order valence-corrected chi connectivity index (χ0v) is 39.9. The smallest absolute Gasteiger partial charge is 0.0704 e. The summed E-state index contributed by atoms with van der Waals surface area (Å²) in [7, 11) is 0. The summed E-state index contributed by atoms with van der Waals surface area (Å²) in [6, 6.07) is 57.7. The maximum absolute atomic E-state index is 4.36. The standard InChI is InChI=1S/C28H24S.C18H17N.C10H14.2C2H6/c1-17-9-5-6-10-21(17)26-18(2)13-15-22(20(26)4)27-19(3)14-16-24-23-11-7-8-12-25(23)29-28(24)27;1-3-19-18(17-12-8-5-9-13-17)14-15(2)16-10-6-4-7-11-16;1-3-9(2)10-7-5-4-6-8-10;2*1-2/h5-16H,1-4H3;3-14H,1H2,2H3;4-9H,3H2,1-2H3;2*1-2H3/b;15-14+,19-18?;;;. The lowest BCUT2D eigenvalue weighted by molar-refractivity contribution is 0.733. The highest BCUT2D eigenvalue weighted by Crippen LogP contribution is 2.44. The predicted molar refractivity (Wildman–Crippen MR) is 280 cm³/mol. The van der Waals surface area contributed by atoms with Gasteiger partial charge in [0.15, 0.2) is 0 Å². The summed E-state index contributed by atoms with van der Waals surface area (Å²) in [5, 5.41) is 2.72. The first-order valence-corrected chi connectivity index (χ1v) is 23.1. The van der Waals surface area contributed by atoms with Gasteiger partial charge in [0.25, 0.3) is 0 Å². The highest BCUT2D eigenvalue weighted by atomic mass is 32.1. The van der Waals surface area contributed by atoms with E-state index in [1.165, 1.54) is 87.8 Å². The van der Waals surface area contributed by atoms with Gasteiger partial charge in [-0.05, 0) is 115 Å². The van der Waals surface area contributed by atoms with Gasteiger partial charge in [0.1, 0.15) is 0 Å². The average molecular weight is 834 g/mol. The fourth-order valence-electron chi connectivity index (χ4n) is 7.52. The summed E-state index contributed by atoms with van der Waals surface area (Å²) < 4.78 is 2.76. The molecule has 0 bridgehead atoms. The summed E-state index contributed by atoms with van der Waals surface area (Å²) in [5.74, 6) is 0.709. The molecule has 7 aromatic carbocycles. The van der Waals surface area contributed by atoms with Gasteiger partial charge in [-0.3, -0.25) is 4.99 Å². The Balaban J connectivity index is 0.000000220. The molecule has 0 aliphatic carbocycles. The van der Waals surface area contributed by atoms with E-state index in [1.807, 2.05) is 75.4 Å². The molecule has 0 radical (unpaired) electrons. The molecule has 0 saturated heterocycles. The fourth-order valence-corrected chi connectivity index (χ4v) is 8.83. The quantitative estimate of drug-likeness (QED) is 0.135. The normalized spacial score (nSPS) is 11.4. The molecule has 2 heteroatoms. The van der Waals surface area contributed by atoms with Gasteiger partial charge >= 0.3 is 0 Å². The Morgan fingerprint density at radius 1 is 0.565 bits per heavy atom. The number of rotatable bonds is 8. The third-order valence-electron chi connectivity index (χ3n) is 11.0. The van der Waals surface area contributed by atoms with Crippen molar-refractivity contribution < 1.29 is 0 Å². The largest absolute Gasteiger partial charge is 0.257 e. The zero-order chi connectivity index (χ0) is 45.0. The van der Waals surface area contributed by atoms with Crippen LogP contribution in [-0.4, -0.2) is 5.71 Å². The molecule has 0 N–H and O–H groups in total. The second-order valence-electron chi connectivity index (χ2n) is 15.0. The van der Waals surface area contributed by atoms with Gasteiger partial charge in [0, 0.05) is 37.5 Å². The number of allylic oxidation sites excluding steroid dienone is 2. The van der Waals surface area contributed by atoms with Crippen molar-refractivity contribution in [3.63, 3.8) is 0 Å². The van der Waals surface area contributed by atoms with Crippen molar-refractivity contribution >= 4 is 42.8 Å². The van der Waals surface area contributed by atoms with Crippen LogP contribution in [0.5, 0.6) is 0 Å². The molecule has 1 unspecified atom stereocenters. The van der Waals surface area contributed by atoms with Gasteiger partial charge in [-0.1, -0.05) is 206 Å². The maximum atomic E-state index is 4.36. The van der Waals surface area contributed by atoms with E-state index >= 15 is 0 Å². The first-order chi connectivity index (χ1) is 30.2. The number of hydrogen-bond acceptors (Lipinski definition) is 2. The van der Waals surface area contributed by atoms with Crippen LogP contribution < -0.4 is 0 Å². The summed E-state index contributed by atoms with van der Waals surface area (Å²) in [4.78, 5) is 4.36. The number of fused-ring (bicyclic) bond motifs is 3. The Morgan fingerprint density at radius 3 is 1.71 bits per heavy atom. The van der Waals surface area contributed by atoms with Crippen LogP contribution in [0.25, 0.3) is 48.0 Å². The number of aryl methyl sites for hydroxylation is 3. The van der Waals surface area contributed by atoms with Gasteiger partial charge < -0.3 is 0 Å². The summed E-state index contributed by atoms with van der Waals surface area (Å²) in [6.07, 6.45) is 4.90. The second kappa shape index (κ2) is 25.0. The molecule has 0 aliphatic rings. The monoisotopic (exact) mass is 833 g/mol. The number of aliphatic imine (C=N–C) groups is 1. The van der Waals surface area contributed by atoms with Crippen LogP contribution in [0.1, 0.15) is 99.7 Å². The Labute approximate surface area is 378 Å². The summed E-state index contributed by atoms with van der Waals surface area (Å²) in [5.41, 5.74) is 16.7. The average Bonchev–Trinajstić information content (AvgIpc) is 3.71. The van der Waals surface area contributed by atoms with Crippen molar-refractivity contribution in [2.75, 3.05) is 0 Å². The van der Waals surface area contributed by atoms with E-state index in [1.54, 1.807) is 6.20 Å². The van der Waals surface area contributed by atoms with Crippen LogP contribution in [0, 0.1) is 27.7 Å². The molecular formula is C60H67NS. The third kappa shape index (κ3) is 12.3. The van der Waals surface area contributed by atoms with E-state index in [4.69, 9.17) is 0 Å². The molecule has 8 rings (SSSR count). The first-order valence-electron chi connectivity index (χ1n) is 22.3. The van der Waals surface area contributed by atoms with Crippen molar-refractivity contribution in [3.05, 3.63) is 222 Å². The van der Waals surface area contributed by atoms with Gasteiger partial charge in [0.2, 0.25) is 0 Å². The van der Waals surface area contributed by atoms with Crippen molar-refractivity contribution in [2.24, 2.45) is 4.99 Å². The summed E-state index contributed by atoms with van der Waals surface area (Å²) in [6.45, 7) is 27.2. The molecule has 1 aromatic heterocycles. The van der Waals surface area contributed by atoms with Crippen molar-refractivity contribution in [2.45, 2.75) is 88.5 Å². The molecule has 0 fully saturated rings. The van der Waals surface area contributed by atoms with Crippen LogP contribution in [-0.2, 0) is 0 Å². The minimum atomic E-state index is 0.709. The Morgan fingerprint density at radius 2 is 1.10 bits per heavy atom. The van der Waals surface area contributed by atoms with E-state index in [-0.39, 0.29) is 0 Å². The Kier molecular flexibility index (Phi) is 19.6. The van der Waals surface area contributed by atoms with Crippen molar-refractivity contribution in [1.29, 1.82) is 0 Å². The third-order valence-corrected chi connectivity index (χ3v) is 12.2. The summed E-state index contributed by atoms with van der Waals surface area (Å²) >= 11 is 1.92. The molecule has 318 valence electrons. The molecule has 0 spiro atoms. The number of nitrogens with zero attached hydrogens (tertiary/aromatic N) is 1. The van der Waals surface area contributed by atoms with E-state index in [0.717, 1.165) is 11.3 Å². The molecule has 1 heterocycles. The predicted octanol–water partition coefficient (Wildman–Crippen LogP) is 18.6. The SMILES string of the molecule is C=CN=C(/C=C(\C)c1ccccc1)c1ccccc1.CC.CC.CCC(C)c1ccccc1.Cc1ccccc1-c1c(C)ccc(-c2c(C)ccc3c2sc2ccccc23)c1C. The maximum Gasteiger partial charge on any atom is 0.0704 e. The lowest BCUT2D eigenvalue weighted by atomic mass is 9.86. The Bertz CT molecular complexity index is 2660. The highest BCUT2D eigenvalue weighted by molar-refractivity contribution is 7.26. The van der Waals surface area contributed by atoms with E-state index in [0.29, 0.717) is 5.92 Å². The van der Waals surface area contributed by atoms with Crippen molar-refractivity contribution in [1.82, 2.24) is 0 Å². The van der Waals surface area contributed by atoms with E-state index < -0.39 is 0 Å². The molecule has 8 aromatic rings. The van der Waals surface area contributed by atoms with Gasteiger partial charge in [-0.2, -0.15) is 0 Å². The molecule has 1 nitrogen and oxygen atoms in total. The fraction of sp³-hybridized carbons (Fsp3) is 0.217. The molecule has 0 amide bonds. The van der Waals surface area contributed by atoms with Crippen molar-refractivity contribution in [3.8, 4) is 22.3 Å². The zero-order valence-electron chi connectivity index (χ0n) is 39.1. The van der Waals surface area contributed by atoms with Crippen LogP contribution in [0.2, 0.25) is 0 Å². The van der Waals surface area contributed by atoms with Crippen LogP contribution in [0.3, 0.4) is 0 Å². The number of hydrogen-bond donors (Lipinski definition) is 0. The minimum Gasteiger partial charge on any atom is -0.257 e. The van der Waals surface area contributed by atoms with Crippen LogP contribution in [0.4, 0.5) is 0 Å². The van der Waals surface area contributed by atoms with Crippen LogP contribution >= 0.6 is 11.3 Å². The van der Waals surface area contributed by atoms with Gasteiger partial charge in [0.05, 0.1) is 5.71 Å². The Hall–Kier alpha value is -6.09. The van der Waals surface area contributed by atoms with E-state index in [9.17, 15) is 0 Å². The van der Waals surface area contributed by atoms with Gasteiger partial charge in [-0.15, -0.1) is 11.3 Å². The molecular weight excluding hydrogens is 767 g/mol. The lowest BCUT2D eigenvalue weighted by Gasteiger charge is -2.18. The molecule has 1 atom stereocenters. The lowest BCUT2D eigenvalue weighted by Crippen LogP contribution is -1.97.